The van der Waals surface area contributed by atoms with Gasteiger partial charge in [-0.15, -0.1) is 0 Å². The standard InChI is InChI=1S/C15H17N3O4/c19-14(20)9-5-2-6-10-18-11-13(22-17-18)16-15(21)12-7-3-1-4-8-12/h1,3-4,7-8,11H,2,5-6,9-10H2,(H-,16,17,19,20,21)/p+1. The summed E-state index contributed by atoms with van der Waals surface area (Å²) in [6.45, 7) is 0.615. The Bertz CT molecular complexity index is 625. The van der Waals surface area contributed by atoms with Gasteiger partial charge in [-0.25, -0.2) is 0 Å². The topological polar surface area (TPSA) is 96.3 Å². The molecule has 0 aliphatic carbocycles. The van der Waals surface area contributed by atoms with Crippen LogP contribution >= 0.6 is 0 Å². The van der Waals surface area contributed by atoms with E-state index in [4.69, 9.17) is 9.63 Å². The molecule has 7 heteroatoms. The molecule has 2 aromatic rings. The largest absolute Gasteiger partial charge is 0.481 e. The maximum Gasteiger partial charge on any atom is 0.303 e. The van der Waals surface area contributed by atoms with Crippen molar-refractivity contribution < 1.29 is 23.9 Å². The molecule has 0 aliphatic rings. The van der Waals surface area contributed by atoms with Gasteiger partial charge >= 0.3 is 11.9 Å². The van der Waals surface area contributed by atoms with Gasteiger partial charge in [-0.1, -0.05) is 22.9 Å². The molecule has 0 atom stereocenters. The van der Waals surface area contributed by atoms with Gasteiger partial charge in [0.05, 0.1) is 0 Å². The maximum atomic E-state index is 11.9. The number of carbonyl (C=O) groups excluding carboxylic acids is 1. The van der Waals surface area contributed by atoms with Crippen LogP contribution in [0, 0.1) is 0 Å². The highest BCUT2D eigenvalue weighted by Crippen LogP contribution is 2.06. The Hall–Kier alpha value is -2.70. The van der Waals surface area contributed by atoms with Crippen LogP contribution in [0.1, 0.15) is 36.0 Å². The first-order chi connectivity index (χ1) is 10.6. The van der Waals surface area contributed by atoms with Crippen molar-refractivity contribution in [2.24, 2.45) is 0 Å². The number of aromatic nitrogens is 2. The normalized spacial score (nSPS) is 10.4. The second-order valence-electron chi connectivity index (χ2n) is 4.85. The molecule has 0 radical (unpaired) electrons. The summed E-state index contributed by atoms with van der Waals surface area (Å²) in [7, 11) is 0. The highest BCUT2D eigenvalue weighted by atomic mass is 16.5. The average Bonchev–Trinajstić information content (AvgIpc) is 2.95. The van der Waals surface area contributed by atoms with Gasteiger partial charge in [0.15, 0.2) is 6.54 Å². The zero-order valence-electron chi connectivity index (χ0n) is 12.1. The molecule has 1 aromatic carbocycles. The molecule has 2 rings (SSSR count). The zero-order valence-corrected chi connectivity index (χ0v) is 12.1. The van der Waals surface area contributed by atoms with Gasteiger partial charge in [-0.05, 0) is 25.0 Å². The van der Waals surface area contributed by atoms with Crippen molar-refractivity contribution in [3.63, 3.8) is 0 Å². The maximum absolute atomic E-state index is 11.9. The Labute approximate surface area is 127 Å². The quantitative estimate of drug-likeness (QED) is 0.573. The third-order valence-corrected chi connectivity index (χ3v) is 3.06. The van der Waals surface area contributed by atoms with E-state index in [0.717, 1.165) is 12.8 Å². The van der Waals surface area contributed by atoms with Crippen LogP contribution in [0.15, 0.2) is 41.1 Å². The predicted octanol–water partition coefficient (Wildman–Crippen LogP) is 1.86. The average molecular weight is 304 g/mol. The van der Waals surface area contributed by atoms with E-state index in [2.05, 4.69) is 10.6 Å². The Kier molecular flexibility index (Phi) is 5.65. The van der Waals surface area contributed by atoms with Crippen LogP contribution in [0.3, 0.4) is 0 Å². The van der Waals surface area contributed by atoms with Gasteiger partial charge in [0, 0.05) is 18.4 Å². The van der Waals surface area contributed by atoms with Gasteiger partial charge in [0.2, 0.25) is 5.27 Å². The number of aliphatic carboxylic acids is 1. The summed E-state index contributed by atoms with van der Waals surface area (Å²) in [5.74, 6) is -0.759. The molecule has 116 valence electrons. The number of carbonyl (C=O) groups is 2. The number of benzene rings is 1. The summed E-state index contributed by atoms with van der Waals surface area (Å²) in [5.41, 5.74) is 0.541. The second kappa shape index (κ2) is 7.92. The van der Waals surface area contributed by atoms with E-state index >= 15 is 0 Å². The van der Waals surface area contributed by atoms with Crippen molar-refractivity contribution >= 4 is 17.8 Å². The number of aryl methyl sites for hydroxylation is 1. The Balaban J connectivity index is 1.77. The Morgan fingerprint density at radius 1 is 1.18 bits per heavy atom. The molecule has 0 bridgehead atoms. The minimum atomic E-state index is -0.778. The first-order valence-electron chi connectivity index (χ1n) is 7.10. The van der Waals surface area contributed by atoms with Gasteiger partial charge in [0.25, 0.3) is 12.1 Å². The van der Waals surface area contributed by atoms with Crippen LogP contribution in [0.2, 0.25) is 0 Å². The van der Waals surface area contributed by atoms with E-state index in [1.807, 2.05) is 6.07 Å². The van der Waals surface area contributed by atoms with Crippen LogP contribution < -0.4 is 10.00 Å². The molecular weight excluding hydrogens is 286 g/mol. The molecule has 2 N–H and O–H groups in total. The lowest BCUT2D eigenvalue weighted by molar-refractivity contribution is -0.762. The number of carboxylic acids is 1. The van der Waals surface area contributed by atoms with E-state index in [9.17, 15) is 9.59 Å². The number of nitrogens with zero attached hydrogens (tertiary/aromatic N) is 2. The first kappa shape index (κ1) is 15.7. The van der Waals surface area contributed by atoms with Crippen molar-refractivity contribution in [2.45, 2.75) is 32.2 Å². The van der Waals surface area contributed by atoms with E-state index in [0.29, 0.717) is 18.5 Å². The van der Waals surface area contributed by atoms with Crippen LogP contribution in [0.4, 0.5) is 5.88 Å². The fraction of sp³-hybridized carbons (Fsp3) is 0.333. The first-order valence-corrected chi connectivity index (χ1v) is 7.10. The molecule has 0 fully saturated rings. The molecule has 0 saturated carbocycles. The van der Waals surface area contributed by atoms with Crippen LogP contribution in [0.5, 0.6) is 0 Å². The lowest BCUT2D eigenvalue weighted by Crippen LogP contribution is -2.34. The van der Waals surface area contributed by atoms with Crippen molar-refractivity contribution in [3.05, 3.63) is 42.1 Å². The van der Waals surface area contributed by atoms with E-state index in [-0.39, 0.29) is 18.2 Å². The number of unbranched alkanes of at least 4 members (excludes halogenated alkanes) is 2. The fourth-order valence-electron chi connectivity index (χ4n) is 1.94. The molecule has 1 amide bonds. The Morgan fingerprint density at radius 2 is 1.95 bits per heavy atom. The summed E-state index contributed by atoms with van der Waals surface area (Å²) in [6.07, 6.45) is 4.04. The molecule has 0 spiro atoms. The summed E-state index contributed by atoms with van der Waals surface area (Å²) >= 11 is 0. The van der Waals surface area contributed by atoms with Crippen molar-refractivity contribution in [1.29, 1.82) is 0 Å². The third-order valence-electron chi connectivity index (χ3n) is 3.06. The van der Waals surface area contributed by atoms with Gasteiger partial charge in [-0.2, -0.15) is 0 Å². The molecule has 7 nitrogen and oxygen atoms in total. The molecule has 0 saturated heterocycles. The van der Waals surface area contributed by atoms with Crippen LogP contribution in [-0.4, -0.2) is 22.3 Å². The number of amides is 1. The summed E-state index contributed by atoms with van der Waals surface area (Å²) in [5, 5.41) is 15.0. The summed E-state index contributed by atoms with van der Waals surface area (Å²) in [4.78, 5) is 22.3. The lowest BCUT2D eigenvalue weighted by atomic mass is 10.2. The monoisotopic (exact) mass is 304 g/mol. The molecule has 22 heavy (non-hydrogen) atoms. The minimum Gasteiger partial charge on any atom is -0.481 e. The van der Waals surface area contributed by atoms with Gasteiger partial charge in [-0.3, -0.25) is 19.4 Å². The van der Waals surface area contributed by atoms with Crippen molar-refractivity contribution in [2.75, 3.05) is 5.32 Å². The SMILES string of the molecule is O=C(O)CCCCC[n+]1cc(NC(=O)c2ccccc2)on1. The van der Waals surface area contributed by atoms with Gasteiger partial charge < -0.3 is 5.11 Å². The van der Waals surface area contributed by atoms with Crippen LogP contribution in [-0.2, 0) is 11.3 Å². The predicted molar refractivity (Wildman–Crippen MR) is 77.2 cm³/mol. The summed E-state index contributed by atoms with van der Waals surface area (Å²) in [6, 6.07) is 8.83. The number of hydrogen-bond acceptors (Lipinski definition) is 4. The second-order valence-corrected chi connectivity index (χ2v) is 4.85. The molecule has 1 heterocycles. The number of nitrogens with one attached hydrogen (secondary N) is 1. The van der Waals surface area contributed by atoms with Crippen LogP contribution in [0.25, 0.3) is 0 Å². The minimum absolute atomic E-state index is 0.182. The lowest BCUT2D eigenvalue weighted by Gasteiger charge is -1.98. The fourth-order valence-corrected chi connectivity index (χ4v) is 1.94. The van der Waals surface area contributed by atoms with E-state index < -0.39 is 5.97 Å². The van der Waals surface area contributed by atoms with E-state index in [1.165, 1.54) is 0 Å². The highest BCUT2D eigenvalue weighted by molar-refractivity contribution is 6.03. The van der Waals surface area contributed by atoms with Gasteiger partial charge in [0.1, 0.15) is 0 Å². The number of hydrogen-bond donors (Lipinski definition) is 2. The smallest absolute Gasteiger partial charge is 0.303 e. The molecule has 1 aromatic heterocycles. The zero-order chi connectivity index (χ0) is 15.8. The summed E-state index contributed by atoms with van der Waals surface area (Å²) < 4.78 is 6.62. The Morgan fingerprint density at radius 3 is 2.68 bits per heavy atom. The highest BCUT2D eigenvalue weighted by Gasteiger charge is 2.14. The van der Waals surface area contributed by atoms with Crippen molar-refractivity contribution in [1.82, 2.24) is 5.27 Å². The third kappa shape index (κ3) is 5.01. The number of anilines is 1. The molecule has 0 unspecified atom stereocenters. The number of rotatable bonds is 8. The van der Waals surface area contributed by atoms with Crippen molar-refractivity contribution in [3.8, 4) is 0 Å². The van der Waals surface area contributed by atoms with E-state index in [1.54, 1.807) is 35.1 Å². The molecule has 0 aliphatic heterocycles. The number of carboxylic acid groups (broad SMARTS) is 1. The molecular formula is C15H18N3O4+.